The highest BCUT2D eigenvalue weighted by Gasteiger charge is 2.24. The number of thiophene rings is 1. The van der Waals surface area contributed by atoms with Crippen molar-refractivity contribution < 1.29 is 22.7 Å². The van der Waals surface area contributed by atoms with Gasteiger partial charge in [0.05, 0.1) is 24.4 Å². The lowest BCUT2D eigenvalue weighted by molar-refractivity contribution is -0.118. The molecule has 8 nitrogen and oxygen atoms in total. The van der Waals surface area contributed by atoms with Gasteiger partial charge in [-0.15, -0.1) is 11.3 Å². The van der Waals surface area contributed by atoms with Crippen molar-refractivity contribution in [1.82, 2.24) is 0 Å². The van der Waals surface area contributed by atoms with E-state index in [0.717, 1.165) is 11.3 Å². The minimum atomic E-state index is -3.76. The van der Waals surface area contributed by atoms with E-state index < -0.39 is 15.9 Å². The van der Waals surface area contributed by atoms with Crippen LogP contribution in [0.2, 0.25) is 0 Å². The van der Waals surface area contributed by atoms with E-state index in [-0.39, 0.29) is 28.5 Å². The van der Waals surface area contributed by atoms with E-state index in [1.54, 1.807) is 23.6 Å². The SMILES string of the molecule is CC1Cc2c(cc(OCCC(N)=O)cc2NS(=O)(=O)c2cccs2)NC(=S)O1. The third-order valence-corrected chi connectivity index (χ3v) is 6.84. The van der Waals surface area contributed by atoms with Gasteiger partial charge < -0.3 is 20.5 Å². The molecule has 1 amide bonds. The number of primary amides is 1. The van der Waals surface area contributed by atoms with E-state index in [0.29, 0.717) is 29.1 Å². The molecule has 2 heterocycles. The molecule has 0 radical (unpaired) electrons. The number of sulfonamides is 1. The van der Waals surface area contributed by atoms with Gasteiger partial charge in [-0.2, -0.15) is 0 Å². The molecule has 1 unspecified atom stereocenters. The molecule has 4 N–H and O–H groups in total. The van der Waals surface area contributed by atoms with Crippen molar-refractivity contribution >= 4 is 56.0 Å². The first-order valence-corrected chi connectivity index (χ1v) is 11.1. The van der Waals surface area contributed by atoms with Crippen LogP contribution in [0.15, 0.2) is 33.9 Å². The molecule has 0 saturated carbocycles. The largest absolute Gasteiger partial charge is 0.493 e. The lowest BCUT2D eigenvalue weighted by Crippen LogP contribution is -2.17. The summed E-state index contributed by atoms with van der Waals surface area (Å²) < 4.78 is 39.4. The molecule has 3 rings (SSSR count). The molecule has 11 heteroatoms. The highest BCUT2D eigenvalue weighted by molar-refractivity contribution is 7.94. The molecular weight excluding hydrogens is 422 g/mol. The van der Waals surface area contributed by atoms with E-state index in [9.17, 15) is 13.2 Å². The van der Waals surface area contributed by atoms with Crippen LogP contribution in [-0.4, -0.2) is 32.2 Å². The van der Waals surface area contributed by atoms with Crippen molar-refractivity contribution in [3.63, 3.8) is 0 Å². The molecule has 0 fully saturated rings. The first-order valence-electron chi connectivity index (χ1n) is 8.36. The third kappa shape index (κ3) is 4.91. The summed E-state index contributed by atoms with van der Waals surface area (Å²) in [5.41, 5.74) is 6.77. The highest BCUT2D eigenvalue weighted by atomic mass is 32.2. The number of rotatable bonds is 7. The van der Waals surface area contributed by atoms with Crippen LogP contribution in [0.25, 0.3) is 0 Å². The average Bonchev–Trinajstić information content (AvgIpc) is 3.08. The van der Waals surface area contributed by atoms with Crippen LogP contribution in [0.3, 0.4) is 0 Å². The second-order valence-corrected chi connectivity index (χ2v) is 9.37. The molecule has 0 spiro atoms. The van der Waals surface area contributed by atoms with E-state index in [1.807, 2.05) is 6.92 Å². The second-order valence-electron chi connectivity index (χ2n) is 6.14. The lowest BCUT2D eigenvalue weighted by atomic mass is 10.0. The highest BCUT2D eigenvalue weighted by Crippen LogP contribution is 2.35. The Morgan fingerprint density at radius 1 is 1.50 bits per heavy atom. The Balaban J connectivity index is 1.99. The molecule has 1 aliphatic rings. The maximum Gasteiger partial charge on any atom is 0.271 e. The lowest BCUT2D eigenvalue weighted by Gasteiger charge is -2.17. The molecule has 28 heavy (non-hydrogen) atoms. The average molecular weight is 442 g/mol. The summed E-state index contributed by atoms with van der Waals surface area (Å²) >= 11 is 6.27. The van der Waals surface area contributed by atoms with Crippen LogP contribution in [0, 0.1) is 0 Å². The second kappa shape index (κ2) is 8.33. The third-order valence-electron chi connectivity index (χ3n) is 3.88. The van der Waals surface area contributed by atoms with Gasteiger partial charge >= 0.3 is 0 Å². The zero-order valence-electron chi connectivity index (χ0n) is 14.9. The predicted octanol–water partition coefficient (Wildman–Crippen LogP) is 2.46. The molecule has 1 aliphatic heterocycles. The molecule has 150 valence electrons. The summed E-state index contributed by atoms with van der Waals surface area (Å²) in [6.07, 6.45) is 0.235. The summed E-state index contributed by atoms with van der Waals surface area (Å²) in [7, 11) is -3.76. The van der Waals surface area contributed by atoms with Crippen LogP contribution in [-0.2, 0) is 26.0 Å². The Morgan fingerprint density at radius 3 is 2.96 bits per heavy atom. The molecule has 0 aliphatic carbocycles. The Morgan fingerprint density at radius 2 is 2.29 bits per heavy atom. The summed E-state index contributed by atoms with van der Waals surface area (Å²) in [4.78, 5) is 10.9. The fourth-order valence-corrected chi connectivity index (χ4v) is 5.03. The van der Waals surface area contributed by atoms with Crippen molar-refractivity contribution in [1.29, 1.82) is 0 Å². The topological polar surface area (TPSA) is 120 Å². The Hall–Kier alpha value is -2.37. The molecular formula is C17H19N3O5S3. The van der Waals surface area contributed by atoms with Crippen LogP contribution in [0.1, 0.15) is 18.9 Å². The van der Waals surface area contributed by atoms with E-state index in [4.69, 9.17) is 27.4 Å². The van der Waals surface area contributed by atoms with Gasteiger partial charge in [0.2, 0.25) is 5.91 Å². The molecule has 1 aromatic heterocycles. The summed E-state index contributed by atoms with van der Waals surface area (Å²) in [6.45, 7) is 1.92. The Labute approximate surface area is 172 Å². The summed E-state index contributed by atoms with van der Waals surface area (Å²) in [5.74, 6) is -0.122. The van der Waals surface area contributed by atoms with Crippen molar-refractivity contribution in [2.24, 2.45) is 5.73 Å². The number of benzene rings is 1. The smallest absolute Gasteiger partial charge is 0.271 e. The maximum absolute atomic E-state index is 12.7. The minimum Gasteiger partial charge on any atom is -0.493 e. The molecule has 1 aromatic carbocycles. The number of amides is 1. The number of nitrogens with one attached hydrogen (secondary N) is 2. The van der Waals surface area contributed by atoms with Crippen LogP contribution in [0.4, 0.5) is 11.4 Å². The number of anilines is 2. The van der Waals surface area contributed by atoms with E-state index in [1.165, 1.54) is 6.07 Å². The number of nitrogens with two attached hydrogens (primary N) is 1. The number of fused-ring (bicyclic) bond motifs is 1. The van der Waals surface area contributed by atoms with Gasteiger partial charge in [-0.1, -0.05) is 6.07 Å². The normalized spacial score (nSPS) is 16.3. The van der Waals surface area contributed by atoms with Crippen molar-refractivity contribution in [2.75, 3.05) is 16.6 Å². The fourth-order valence-electron chi connectivity index (χ4n) is 2.68. The predicted molar refractivity (Wildman–Crippen MR) is 111 cm³/mol. The molecule has 0 saturated heterocycles. The van der Waals surface area contributed by atoms with Gasteiger partial charge in [0, 0.05) is 24.1 Å². The standard InChI is InChI=1S/C17H19N3O5S3/c1-10-7-12-13(19-17(26)25-10)8-11(24-5-4-15(18)21)9-14(12)20-28(22,23)16-3-2-6-27-16/h2-3,6,8-10,20H,4-5,7H2,1H3,(H2,18,21)(H,19,26). The number of thiocarbonyl (C=S) groups is 1. The first-order chi connectivity index (χ1) is 13.2. The number of hydrogen-bond donors (Lipinski definition) is 3. The van der Waals surface area contributed by atoms with Crippen molar-refractivity contribution in [3.05, 3.63) is 35.2 Å². The van der Waals surface area contributed by atoms with E-state index in [2.05, 4.69) is 10.0 Å². The zero-order chi connectivity index (χ0) is 20.3. The zero-order valence-corrected chi connectivity index (χ0v) is 17.4. The van der Waals surface area contributed by atoms with Crippen LogP contribution in [0.5, 0.6) is 5.75 Å². The molecule has 0 bridgehead atoms. The van der Waals surface area contributed by atoms with Gasteiger partial charge in [-0.3, -0.25) is 9.52 Å². The fraction of sp³-hybridized carbons (Fsp3) is 0.294. The van der Waals surface area contributed by atoms with Crippen molar-refractivity contribution in [2.45, 2.75) is 30.1 Å². The first kappa shape index (κ1) is 20.4. The maximum atomic E-state index is 12.7. The number of ether oxygens (including phenoxy) is 2. The summed E-state index contributed by atoms with van der Waals surface area (Å²) in [5, 5.41) is 4.84. The minimum absolute atomic E-state index is 0.0410. The van der Waals surface area contributed by atoms with Crippen molar-refractivity contribution in [3.8, 4) is 5.75 Å². The Kier molecular flexibility index (Phi) is 6.06. The van der Waals surface area contributed by atoms with E-state index >= 15 is 0 Å². The van der Waals surface area contributed by atoms with Gasteiger partial charge in [-0.05, 0) is 30.6 Å². The number of carbonyl (C=O) groups excluding carboxylic acids is 1. The number of carbonyl (C=O) groups is 1. The number of hydrogen-bond acceptors (Lipinski definition) is 7. The monoisotopic (exact) mass is 441 g/mol. The van der Waals surface area contributed by atoms with Crippen LogP contribution < -0.4 is 20.5 Å². The summed E-state index contributed by atoms with van der Waals surface area (Å²) in [6, 6.07) is 6.46. The van der Waals surface area contributed by atoms with Crippen LogP contribution >= 0.6 is 23.6 Å². The van der Waals surface area contributed by atoms with Gasteiger partial charge in [0.25, 0.3) is 15.2 Å². The van der Waals surface area contributed by atoms with Gasteiger partial charge in [0.15, 0.2) is 0 Å². The quantitative estimate of drug-likeness (QED) is 0.565. The van der Waals surface area contributed by atoms with Gasteiger partial charge in [0.1, 0.15) is 16.1 Å². The molecule has 2 aromatic rings. The molecule has 1 atom stereocenters. The van der Waals surface area contributed by atoms with Gasteiger partial charge in [-0.25, -0.2) is 8.42 Å². The Bertz CT molecular complexity index is 990.